The Morgan fingerprint density at radius 3 is 2.22 bits per heavy atom. The fraction of sp³-hybridized carbons (Fsp3) is 0.917. The normalized spacial score (nSPS) is 33.5. The van der Waals surface area contributed by atoms with Gasteiger partial charge in [0, 0.05) is 0 Å². The van der Waals surface area contributed by atoms with Crippen molar-refractivity contribution in [3.63, 3.8) is 0 Å². The molecule has 1 aliphatic heterocycles. The van der Waals surface area contributed by atoms with Crippen molar-refractivity contribution in [3.8, 4) is 0 Å². The van der Waals surface area contributed by atoms with Gasteiger partial charge in [0.05, 0.1) is 13.7 Å². The van der Waals surface area contributed by atoms with E-state index in [9.17, 15) is 28.5 Å². The van der Waals surface area contributed by atoms with Crippen molar-refractivity contribution < 1.29 is 43.1 Å². The fourth-order valence-electron chi connectivity index (χ4n) is 2.15. The Morgan fingerprint density at radius 2 is 1.78 bits per heavy atom. The molecule has 11 heteroatoms. The molecule has 0 spiro atoms. The lowest BCUT2D eigenvalue weighted by Gasteiger charge is -2.39. The van der Waals surface area contributed by atoms with Crippen LogP contribution in [0.3, 0.4) is 0 Å². The first kappa shape index (κ1) is 20.2. The highest BCUT2D eigenvalue weighted by atomic mass is 32.2. The number of carbonyl (C=O) groups excluding carboxylic acids is 1. The fourth-order valence-corrected chi connectivity index (χ4v) is 3.82. The lowest BCUT2D eigenvalue weighted by molar-refractivity contribution is -0.207. The number of nitrogens with one attached hydrogen (secondary N) is 1. The number of sulfonamides is 1. The van der Waals surface area contributed by atoms with Gasteiger partial charge in [-0.2, -0.15) is 4.72 Å². The van der Waals surface area contributed by atoms with E-state index in [1.165, 1.54) is 0 Å². The smallest absolute Gasteiger partial charge is 0.324 e. The highest BCUT2D eigenvalue weighted by Gasteiger charge is 2.49. The topological polar surface area (TPSA) is 163 Å². The lowest BCUT2D eigenvalue weighted by atomic mass is 10.0. The molecule has 0 amide bonds. The first-order valence-corrected chi connectivity index (χ1v) is 8.51. The number of ether oxygens (including phenoxy) is 2. The van der Waals surface area contributed by atoms with Crippen molar-refractivity contribution in [2.24, 2.45) is 5.92 Å². The second kappa shape index (κ2) is 7.83. The number of aliphatic hydroxyl groups excluding tert-OH is 4. The molecule has 1 fully saturated rings. The zero-order chi connectivity index (χ0) is 17.9. The van der Waals surface area contributed by atoms with Crippen molar-refractivity contribution >= 4 is 16.0 Å². The summed E-state index contributed by atoms with van der Waals surface area (Å²) >= 11 is 0. The van der Waals surface area contributed by atoms with Crippen LogP contribution in [0.5, 0.6) is 0 Å². The maximum absolute atomic E-state index is 12.4. The summed E-state index contributed by atoms with van der Waals surface area (Å²) in [6.45, 7) is 2.40. The van der Waals surface area contributed by atoms with Gasteiger partial charge in [-0.15, -0.1) is 0 Å². The predicted octanol–water partition coefficient (Wildman–Crippen LogP) is -3.10. The number of esters is 1. The third kappa shape index (κ3) is 4.38. The Hall–Kier alpha value is -0.820. The van der Waals surface area contributed by atoms with Crippen LogP contribution in [0.25, 0.3) is 0 Å². The lowest BCUT2D eigenvalue weighted by Crippen LogP contribution is -2.63. The van der Waals surface area contributed by atoms with Gasteiger partial charge in [-0.05, 0) is 5.92 Å². The van der Waals surface area contributed by atoms with Crippen LogP contribution in [0.2, 0.25) is 0 Å². The quantitative estimate of drug-likeness (QED) is 0.310. The zero-order valence-corrected chi connectivity index (χ0v) is 13.8. The van der Waals surface area contributed by atoms with Gasteiger partial charge in [-0.25, -0.2) is 8.42 Å². The Kier molecular flexibility index (Phi) is 6.89. The van der Waals surface area contributed by atoms with Gasteiger partial charge < -0.3 is 29.9 Å². The van der Waals surface area contributed by atoms with Gasteiger partial charge in [0.1, 0.15) is 30.5 Å². The molecule has 0 aliphatic carbocycles. The average Bonchev–Trinajstić information content (AvgIpc) is 2.49. The number of carbonyl (C=O) groups is 1. The van der Waals surface area contributed by atoms with Crippen LogP contribution in [0.15, 0.2) is 0 Å². The summed E-state index contributed by atoms with van der Waals surface area (Å²) < 4.78 is 36.3. The molecule has 1 unspecified atom stereocenters. The van der Waals surface area contributed by atoms with Crippen molar-refractivity contribution in [2.45, 2.75) is 49.7 Å². The van der Waals surface area contributed by atoms with Crippen LogP contribution < -0.4 is 4.72 Å². The minimum atomic E-state index is -4.44. The number of hydrogen-bond acceptors (Lipinski definition) is 9. The predicted molar refractivity (Wildman–Crippen MR) is 76.5 cm³/mol. The summed E-state index contributed by atoms with van der Waals surface area (Å²) in [6.07, 6.45) is -6.84. The molecule has 1 rings (SSSR count). The standard InChI is InChI=1S/C12H23NO9S/c1-5(2)7(11(18)21-3)13-23(19,20)12-10(17)9(16)8(15)6(4-14)22-12/h5-10,12-17H,4H2,1-3H3/t6-,7?,8-,9+,10-,12+/m1/s1. The van der Waals surface area contributed by atoms with Crippen molar-refractivity contribution in [3.05, 3.63) is 0 Å². The molecular formula is C12H23NO9S. The number of methoxy groups -OCH3 is 1. The highest BCUT2D eigenvalue weighted by Crippen LogP contribution is 2.24. The van der Waals surface area contributed by atoms with Gasteiger partial charge >= 0.3 is 5.97 Å². The van der Waals surface area contributed by atoms with Gasteiger partial charge in [-0.3, -0.25) is 4.79 Å². The maximum atomic E-state index is 12.4. The second-order valence-corrected chi connectivity index (χ2v) is 7.40. The molecule has 1 heterocycles. The van der Waals surface area contributed by atoms with Crippen molar-refractivity contribution in [1.82, 2.24) is 4.72 Å². The van der Waals surface area contributed by atoms with Crippen LogP contribution >= 0.6 is 0 Å². The summed E-state index contributed by atoms with van der Waals surface area (Å²) in [5.74, 6) is -1.28. The molecule has 10 nitrogen and oxygen atoms in total. The summed E-state index contributed by atoms with van der Waals surface area (Å²) in [5, 5.41) is 38.2. The first-order valence-electron chi connectivity index (χ1n) is 6.96. The van der Waals surface area contributed by atoms with Crippen LogP contribution in [-0.2, 0) is 24.3 Å². The molecule has 136 valence electrons. The summed E-state index contributed by atoms with van der Waals surface area (Å²) in [4.78, 5) is 11.7. The molecule has 1 aliphatic rings. The zero-order valence-electron chi connectivity index (χ0n) is 13.0. The Bertz CT molecular complexity index is 507. The van der Waals surface area contributed by atoms with E-state index in [-0.39, 0.29) is 0 Å². The largest absolute Gasteiger partial charge is 0.468 e. The third-order valence-electron chi connectivity index (χ3n) is 3.57. The number of hydrogen-bond donors (Lipinski definition) is 5. The van der Waals surface area contributed by atoms with E-state index in [1.54, 1.807) is 13.8 Å². The molecule has 0 aromatic heterocycles. The van der Waals surface area contributed by atoms with Gasteiger partial charge in [0.25, 0.3) is 0 Å². The van der Waals surface area contributed by atoms with Gasteiger partial charge in [-0.1, -0.05) is 13.8 Å². The molecule has 6 atom stereocenters. The van der Waals surface area contributed by atoms with E-state index in [4.69, 9.17) is 9.84 Å². The van der Waals surface area contributed by atoms with Gasteiger partial charge in [0.15, 0.2) is 0 Å². The maximum Gasteiger partial charge on any atom is 0.324 e. The molecule has 23 heavy (non-hydrogen) atoms. The van der Waals surface area contributed by atoms with Crippen LogP contribution in [-0.4, -0.2) is 84.4 Å². The monoisotopic (exact) mass is 357 g/mol. The number of rotatable bonds is 6. The van der Waals surface area contributed by atoms with E-state index in [0.717, 1.165) is 7.11 Å². The number of aliphatic hydroxyl groups is 4. The SMILES string of the molecule is COC(=O)C(NS(=O)(=O)[C@@H]1O[C@H](CO)[C@@H](O)[C@H](O)[C@H]1O)C(C)C. The van der Waals surface area contributed by atoms with E-state index in [0.29, 0.717) is 0 Å². The van der Waals surface area contributed by atoms with E-state index < -0.39 is 64.4 Å². The Labute approximate surface area is 134 Å². The molecule has 0 aromatic carbocycles. The van der Waals surface area contributed by atoms with E-state index in [1.807, 2.05) is 0 Å². The highest BCUT2D eigenvalue weighted by molar-refractivity contribution is 7.90. The van der Waals surface area contributed by atoms with Crippen LogP contribution in [0.4, 0.5) is 0 Å². The molecule has 1 saturated heterocycles. The van der Waals surface area contributed by atoms with E-state index >= 15 is 0 Å². The first-order chi connectivity index (χ1) is 10.6. The average molecular weight is 357 g/mol. The van der Waals surface area contributed by atoms with Crippen molar-refractivity contribution in [2.75, 3.05) is 13.7 Å². The molecule has 5 N–H and O–H groups in total. The minimum absolute atomic E-state index is 0.456. The summed E-state index contributed by atoms with van der Waals surface area (Å²) in [5.41, 5.74) is -1.97. The van der Waals surface area contributed by atoms with Gasteiger partial charge in [0.2, 0.25) is 15.5 Å². The third-order valence-corrected chi connectivity index (χ3v) is 5.15. The molecular weight excluding hydrogens is 334 g/mol. The summed E-state index contributed by atoms with van der Waals surface area (Å²) in [7, 11) is -3.34. The Balaban J connectivity index is 3.03. The Morgan fingerprint density at radius 1 is 1.22 bits per heavy atom. The van der Waals surface area contributed by atoms with Crippen molar-refractivity contribution in [1.29, 1.82) is 0 Å². The molecule has 0 aromatic rings. The molecule has 0 saturated carbocycles. The van der Waals surface area contributed by atoms with E-state index in [2.05, 4.69) is 9.46 Å². The van der Waals surface area contributed by atoms with Crippen LogP contribution in [0.1, 0.15) is 13.8 Å². The molecule has 0 bridgehead atoms. The van der Waals surface area contributed by atoms with Crippen LogP contribution in [0, 0.1) is 5.92 Å². The second-order valence-electron chi connectivity index (χ2n) is 5.60. The summed E-state index contributed by atoms with van der Waals surface area (Å²) in [6, 6.07) is -1.22. The minimum Gasteiger partial charge on any atom is -0.468 e. The molecule has 0 radical (unpaired) electrons.